The first-order valence-corrected chi connectivity index (χ1v) is 11.1. The van der Waals surface area contributed by atoms with Gasteiger partial charge in [-0.05, 0) is 24.1 Å². The number of anilines is 1. The molecule has 28 heavy (non-hydrogen) atoms. The molecule has 2 saturated heterocycles. The first kappa shape index (κ1) is 19.4. The predicted octanol–water partition coefficient (Wildman–Crippen LogP) is 4.82. The van der Waals surface area contributed by atoms with E-state index in [0.717, 1.165) is 29.8 Å². The van der Waals surface area contributed by atoms with Crippen molar-refractivity contribution in [1.29, 1.82) is 0 Å². The molecule has 4 nitrogen and oxygen atoms in total. The van der Waals surface area contributed by atoms with Crippen LogP contribution < -0.4 is 5.06 Å². The van der Waals surface area contributed by atoms with E-state index in [1.807, 2.05) is 53.6 Å². The van der Waals surface area contributed by atoms with E-state index in [9.17, 15) is 4.79 Å². The van der Waals surface area contributed by atoms with Gasteiger partial charge in [-0.1, -0.05) is 85.9 Å². The molecule has 6 heteroatoms. The normalized spacial score (nSPS) is 24.8. The largest absolute Gasteiger partial charge is 0.297 e. The highest BCUT2D eigenvalue weighted by molar-refractivity contribution is 8.23. The van der Waals surface area contributed by atoms with Crippen molar-refractivity contribution >= 4 is 39.9 Å². The predicted molar refractivity (Wildman–Crippen MR) is 118 cm³/mol. The minimum Gasteiger partial charge on any atom is -0.297 e. The van der Waals surface area contributed by atoms with Gasteiger partial charge in [0, 0.05) is 12.3 Å². The van der Waals surface area contributed by atoms with Crippen LogP contribution in [0.15, 0.2) is 60.7 Å². The van der Waals surface area contributed by atoms with Gasteiger partial charge in [0.25, 0.3) is 0 Å². The number of hydrogen-bond acceptors (Lipinski definition) is 5. The van der Waals surface area contributed by atoms with E-state index in [1.54, 1.807) is 16.7 Å². The summed E-state index contributed by atoms with van der Waals surface area (Å²) < 4.78 is 0.685. The molecule has 2 aromatic rings. The molecule has 0 N–H and O–H groups in total. The molecule has 2 aliphatic heterocycles. The summed E-state index contributed by atoms with van der Waals surface area (Å²) in [5, 5.41) is 1.94. The highest BCUT2D eigenvalue weighted by Gasteiger charge is 2.50. The molecule has 0 saturated carbocycles. The maximum Gasteiger partial charge on any atom is 0.236 e. The zero-order valence-corrected chi connectivity index (χ0v) is 17.5. The Bertz CT molecular complexity index is 831. The van der Waals surface area contributed by atoms with Gasteiger partial charge in [-0.3, -0.25) is 14.5 Å². The molecule has 0 unspecified atom stereocenters. The summed E-state index contributed by atoms with van der Waals surface area (Å²) in [6.45, 7) is 2.81. The lowest BCUT2D eigenvalue weighted by Gasteiger charge is -2.29. The van der Waals surface area contributed by atoms with Crippen LogP contribution in [-0.2, 0) is 9.63 Å². The van der Waals surface area contributed by atoms with E-state index in [1.165, 1.54) is 0 Å². The van der Waals surface area contributed by atoms with Crippen LogP contribution in [0.1, 0.15) is 31.4 Å². The molecule has 0 bridgehead atoms. The van der Waals surface area contributed by atoms with Gasteiger partial charge in [-0.15, -0.1) is 0 Å². The Balaban J connectivity index is 1.77. The van der Waals surface area contributed by atoms with Gasteiger partial charge in [0.2, 0.25) is 5.91 Å². The Morgan fingerprint density at radius 3 is 2.43 bits per heavy atom. The Morgan fingerprint density at radius 2 is 1.82 bits per heavy atom. The summed E-state index contributed by atoms with van der Waals surface area (Å²) in [5.41, 5.74) is 2.05. The van der Waals surface area contributed by atoms with Gasteiger partial charge in [-0.2, -0.15) is 0 Å². The van der Waals surface area contributed by atoms with Crippen molar-refractivity contribution in [2.24, 2.45) is 5.92 Å². The summed E-state index contributed by atoms with van der Waals surface area (Å²) in [7, 11) is 0. The quantitative estimate of drug-likeness (QED) is 0.657. The summed E-state index contributed by atoms with van der Waals surface area (Å²) in [6.07, 6.45) is 1.62. The van der Waals surface area contributed by atoms with Crippen LogP contribution in [0, 0.1) is 5.92 Å². The Labute approximate surface area is 175 Å². The number of rotatable bonds is 5. The standard InChI is InChI=1S/C22H24N2O2S2/c1-2-9-18-19(21(25)23-14-15-28-22(23)27)20(16-10-5-3-6-11-16)24(26-18)17-12-7-4-8-13-17/h3-8,10-13,18-20H,2,9,14-15H2,1H3/t18-,19-,20-/m0/s1. The van der Waals surface area contributed by atoms with E-state index in [2.05, 4.69) is 19.1 Å². The molecule has 0 aromatic heterocycles. The number of nitrogens with zero attached hydrogens (tertiary/aromatic N) is 2. The van der Waals surface area contributed by atoms with Gasteiger partial charge < -0.3 is 0 Å². The van der Waals surface area contributed by atoms with Crippen LogP contribution in [0.2, 0.25) is 0 Å². The number of carbonyl (C=O) groups excluding carboxylic acids is 1. The number of hydrogen-bond donors (Lipinski definition) is 0. The number of carbonyl (C=O) groups is 1. The van der Waals surface area contributed by atoms with Crippen LogP contribution in [0.4, 0.5) is 5.69 Å². The molecule has 4 rings (SSSR count). The van der Waals surface area contributed by atoms with Crippen molar-refractivity contribution in [3.8, 4) is 0 Å². The fraction of sp³-hybridized carbons (Fsp3) is 0.364. The van der Waals surface area contributed by atoms with Gasteiger partial charge in [0.05, 0.1) is 23.8 Å². The molecule has 2 heterocycles. The molecule has 0 radical (unpaired) electrons. The SMILES string of the molecule is CCC[C@@H]1ON(c2ccccc2)[C@@H](c2ccccc2)[C@H]1C(=O)N1CCSC1=S. The molecule has 146 valence electrons. The lowest BCUT2D eigenvalue weighted by molar-refractivity contribution is -0.133. The number of hydroxylamine groups is 1. The Hall–Kier alpha value is -1.89. The lowest BCUT2D eigenvalue weighted by Crippen LogP contribution is -2.42. The highest BCUT2D eigenvalue weighted by atomic mass is 32.2. The number of para-hydroxylation sites is 1. The summed E-state index contributed by atoms with van der Waals surface area (Å²) >= 11 is 7.03. The van der Waals surface area contributed by atoms with Crippen molar-refractivity contribution in [1.82, 2.24) is 4.90 Å². The molecular formula is C22H24N2O2S2. The van der Waals surface area contributed by atoms with E-state index in [0.29, 0.717) is 10.9 Å². The molecule has 3 atom stereocenters. The molecule has 2 aliphatic rings. The van der Waals surface area contributed by atoms with Crippen LogP contribution >= 0.6 is 24.0 Å². The Kier molecular flexibility index (Phi) is 5.99. The zero-order valence-electron chi connectivity index (χ0n) is 15.9. The van der Waals surface area contributed by atoms with E-state index in [-0.39, 0.29) is 24.0 Å². The molecule has 2 fully saturated rings. The van der Waals surface area contributed by atoms with E-state index < -0.39 is 0 Å². The van der Waals surface area contributed by atoms with E-state index in [4.69, 9.17) is 17.1 Å². The fourth-order valence-electron chi connectivity index (χ4n) is 4.00. The molecule has 1 amide bonds. The second-order valence-electron chi connectivity index (χ2n) is 7.08. The number of thiocarbonyl (C=S) groups is 1. The first-order chi connectivity index (χ1) is 13.7. The third-order valence-corrected chi connectivity index (χ3v) is 6.71. The van der Waals surface area contributed by atoms with Crippen LogP contribution in [0.25, 0.3) is 0 Å². The van der Waals surface area contributed by atoms with Crippen molar-refractivity contribution in [3.63, 3.8) is 0 Å². The maximum absolute atomic E-state index is 13.6. The summed E-state index contributed by atoms with van der Waals surface area (Å²) in [5.74, 6) is 0.662. The number of amides is 1. The minimum absolute atomic E-state index is 0.0840. The van der Waals surface area contributed by atoms with Crippen molar-refractivity contribution in [2.75, 3.05) is 17.4 Å². The van der Waals surface area contributed by atoms with E-state index >= 15 is 0 Å². The fourth-order valence-corrected chi connectivity index (χ4v) is 5.22. The zero-order chi connectivity index (χ0) is 19.5. The second-order valence-corrected chi connectivity index (χ2v) is 8.81. The minimum atomic E-state index is -0.292. The lowest BCUT2D eigenvalue weighted by atomic mass is 9.86. The molecule has 0 aliphatic carbocycles. The average molecular weight is 413 g/mol. The molecule has 2 aromatic carbocycles. The van der Waals surface area contributed by atoms with Gasteiger partial charge in [0.15, 0.2) is 0 Å². The smallest absolute Gasteiger partial charge is 0.236 e. The van der Waals surface area contributed by atoms with Gasteiger partial charge in [0.1, 0.15) is 4.32 Å². The van der Waals surface area contributed by atoms with Crippen LogP contribution in [0.5, 0.6) is 0 Å². The third kappa shape index (κ3) is 3.69. The number of thioether (sulfide) groups is 1. The van der Waals surface area contributed by atoms with Crippen molar-refractivity contribution in [2.45, 2.75) is 31.9 Å². The third-order valence-electron chi connectivity index (χ3n) is 5.28. The monoisotopic (exact) mass is 412 g/mol. The van der Waals surface area contributed by atoms with Gasteiger partial charge >= 0.3 is 0 Å². The summed E-state index contributed by atoms with van der Waals surface area (Å²) in [6, 6.07) is 20.1. The van der Waals surface area contributed by atoms with Gasteiger partial charge in [-0.25, -0.2) is 5.06 Å². The molecule has 0 spiro atoms. The molecular weight excluding hydrogens is 388 g/mol. The Morgan fingerprint density at radius 1 is 1.14 bits per heavy atom. The van der Waals surface area contributed by atoms with Crippen LogP contribution in [-0.4, -0.2) is 33.5 Å². The van der Waals surface area contributed by atoms with Crippen LogP contribution in [0.3, 0.4) is 0 Å². The number of benzene rings is 2. The maximum atomic E-state index is 13.6. The second kappa shape index (κ2) is 8.64. The topological polar surface area (TPSA) is 32.8 Å². The van der Waals surface area contributed by atoms with Crippen molar-refractivity contribution in [3.05, 3.63) is 66.2 Å². The average Bonchev–Trinajstić information content (AvgIpc) is 3.33. The van der Waals surface area contributed by atoms with Crippen molar-refractivity contribution < 1.29 is 9.63 Å². The summed E-state index contributed by atoms with van der Waals surface area (Å²) in [4.78, 5) is 21.8. The highest BCUT2D eigenvalue weighted by Crippen LogP contribution is 2.45. The first-order valence-electron chi connectivity index (χ1n) is 9.75.